The maximum Gasteiger partial charge on any atom is 0.266 e. The average Bonchev–Trinajstić information content (AvgIpc) is 2.95. The third-order valence-electron chi connectivity index (χ3n) is 6.12. The fraction of sp³-hybridized carbons (Fsp3) is 0.458. The van der Waals surface area contributed by atoms with Gasteiger partial charge in [-0.25, -0.2) is 0 Å². The second kappa shape index (κ2) is 9.57. The van der Waals surface area contributed by atoms with Crippen molar-refractivity contribution >= 4 is 56.9 Å². The summed E-state index contributed by atoms with van der Waals surface area (Å²) >= 11 is 6.78. The van der Waals surface area contributed by atoms with Crippen LogP contribution in [0.2, 0.25) is 0 Å². The highest BCUT2D eigenvalue weighted by Crippen LogP contribution is 2.36. The van der Waals surface area contributed by atoms with Crippen LogP contribution in [0.25, 0.3) is 17.0 Å². The minimum absolute atomic E-state index is 0.0724. The number of pyridine rings is 1. The largest absolute Gasteiger partial charge is 0.370 e. The summed E-state index contributed by atoms with van der Waals surface area (Å²) in [6.07, 6.45) is 8.36. The van der Waals surface area contributed by atoms with E-state index in [2.05, 4.69) is 17.9 Å². The molecule has 0 unspecified atom stereocenters. The van der Waals surface area contributed by atoms with E-state index in [1.54, 1.807) is 22.6 Å². The van der Waals surface area contributed by atoms with Crippen LogP contribution in [-0.4, -0.2) is 39.3 Å². The van der Waals surface area contributed by atoms with Gasteiger partial charge >= 0.3 is 0 Å². The standard InChI is InChI=1S/C24H29N3O2S2/c1-3-4-15-27-23(29)20(31-24(27)30)16-18-21(26-13-9-5-6-10-14-26)17-11-7-8-12-19(17)25(2)22(18)28/h7-8,11-12,16H,3-6,9-10,13-15H2,1-2H3. The van der Waals surface area contributed by atoms with Gasteiger partial charge < -0.3 is 9.47 Å². The lowest BCUT2D eigenvalue weighted by atomic mass is 10.1. The van der Waals surface area contributed by atoms with Gasteiger partial charge in [0.15, 0.2) is 0 Å². The van der Waals surface area contributed by atoms with Crippen molar-refractivity contribution in [2.75, 3.05) is 24.5 Å². The topological polar surface area (TPSA) is 45.6 Å². The number of thiocarbonyl (C=S) groups is 1. The summed E-state index contributed by atoms with van der Waals surface area (Å²) in [5.41, 5.74) is 2.40. The van der Waals surface area contributed by atoms with Crippen molar-refractivity contribution in [3.63, 3.8) is 0 Å². The molecule has 7 heteroatoms. The molecule has 4 rings (SSSR count). The van der Waals surface area contributed by atoms with Crippen molar-refractivity contribution in [1.82, 2.24) is 9.47 Å². The normalized spacial score (nSPS) is 19.0. The number of rotatable bonds is 5. The van der Waals surface area contributed by atoms with E-state index < -0.39 is 0 Å². The van der Waals surface area contributed by atoms with E-state index >= 15 is 0 Å². The lowest BCUT2D eigenvalue weighted by molar-refractivity contribution is -0.122. The quantitative estimate of drug-likeness (QED) is 0.473. The maximum atomic E-state index is 13.5. The van der Waals surface area contributed by atoms with Crippen molar-refractivity contribution < 1.29 is 4.79 Å². The molecule has 0 radical (unpaired) electrons. The van der Waals surface area contributed by atoms with E-state index in [0.717, 1.165) is 55.4 Å². The van der Waals surface area contributed by atoms with Gasteiger partial charge in [-0.15, -0.1) is 0 Å². The van der Waals surface area contributed by atoms with E-state index in [0.29, 0.717) is 21.3 Å². The van der Waals surface area contributed by atoms with Crippen LogP contribution in [0.5, 0.6) is 0 Å². The number of aromatic nitrogens is 1. The summed E-state index contributed by atoms with van der Waals surface area (Å²) in [6.45, 7) is 4.58. The van der Waals surface area contributed by atoms with Crippen LogP contribution in [0.4, 0.5) is 5.69 Å². The molecule has 0 aliphatic carbocycles. The van der Waals surface area contributed by atoms with Gasteiger partial charge in [0.05, 0.1) is 21.7 Å². The Morgan fingerprint density at radius 3 is 2.52 bits per heavy atom. The minimum atomic E-state index is -0.0829. The third-order valence-corrected chi connectivity index (χ3v) is 7.50. The summed E-state index contributed by atoms with van der Waals surface area (Å²) in [4.78, 5) is 31.1. The number of nitrogens with zero attached hydrogens (tertiary/aromatic N) is 3. The summed E-state index contributed by atoms with van der Waals surface area (Å²) in [7, 11) is 1.81. The molecule has 2 fully saturated rings. The number of hydrogen-bond acceptors (Lipinski definition) is 5. The number of hydrogen-bond donors (Lipinski definition) is 0. The number of carbonyl (C=O) groups is 1. The Kier molecular flexibility index (Phi) is 6.82. The predicted molar refractivity (Wildman–Crippen MR) is 135 cm³/mol. The van der Waals surface area contributed by atoms with Crippen molar-refractivity contribution in [3.05, 3.63) is 45.1 Å². The zero-order chi connectivity index (χ0) is 22.0. The number of unbranched alkanes of at least 4 members (excludes halogenated alkanes) is 1. The SMILES string of the molecule is CCCCN1C(=O)C(=Cc2c(N3CCCCCC3)c3ccccc3n(C)c2=O)SC1=S. The summed E-state index contributed by atoms with van der Waals surface area (Å²) in [6, 6.07) is 8.06. The first-order valence-corrected chi connectivity index (χ1v) is 12.4. The van der Waals surface area contributed by atoms with Gasteiger partial charge in [0.1, 0.15) is 4.32 Å². The lowest BCUT2D eigenvalue weighted by Gasteiger charge is -2.27. The molecule has 2 aliphatic heterocycles. The molecule has 1 aromatic heterocycles. The Morgan fingerprint density at radius 2 is 1.81 bits per heavy atom. The number of aryl methyl sites for hydroxylation is 1. The second-order valence-electron chi connectivity index (χ2n) is 8.23. The van der Waals surface area contributed by atoms with Gasteiger partial charge in [-0.1, -0.05) is 68.4 Å². The Morgan fingerprint density at radius 1 is 1.10 bits per heavy atom. The smallest absolute Gasteiger partial charge is 0.266 e. The van der Waals surface area contributed by atoms with Crippen molar-refractivity contribution in [2.24, 2.45) is 7.05 Å². The Balaban J connectivity index is 1.87. The number of benzene rings is 1. The highest BCUT2D eigenvalue weighted by molar-refractivity contribution is 8.26. The second-order valence-corrected chi connectivity index (χ2v) is 9.91. The number of para-hydroxylation sites is 1. The van der Waals surface area contributed by atoms with E-state index in [1.165, 1.54) is 24.6 Å². The van der Waals surface area contributed by atoms with Gasteiger partial charge in [-0.05, 0) is 31.4 Å². The number of fused-ring (bicyclic) bond motifs is 1. The number of thioether (sulfide) groups is 1. The molecule has 0 bridgehead atoms. The van der Waals surface area contributed by atoms with Crippen LogP contribution in [0, 0.1) is 0 Å². The van der Waals surface area contributed by atoms with Gasteiger partial charge in [-0.3, -0.25) is 14.5 Å². The molecular weight excluding hydrogens is 426 g/mol. The molecule has 31 heavy (non-hydrogen) atoms. The molecule has 0 spiro atoms. The zero-order valence-corrected chi connectivity index (χ0v) is 19.9. The first kappa shape index (κ1) is 22.1. The first-order chi connectivity index (χ1) is 15.0. The van der Waals surface area contributed by atoms with Gasteiger partial charge in [-0.2, -0.15) is 0 Å². The van der Waals surface area contributed by atoms with Crippen LogP contribution in [0.1, 0.15) is 51.0 Å². The zero-order valence-electron chi connectivity index (χ0n) is 18.2. The fourth-order valence-electron chi connectivity index (χ4n) is 4.41. The molecule has 1 amide bonds. The highest BCUT2D eigenvalue weighted by Gasteiger charge is 2.32. The fourth-order valence-corrected chi connectivity index (χ4v) is 5.70. The molecule has 0 saturated carbocycles. The molecule has 164 valence electrons. The number of anilines is 1. The molecule has 2 aromatic rings. The van der Waals surface area contributed by atoms with E-state index in [9.17, 15) is 9.59 Å². The molecule has 1 aromatic carbocycles. The van der Waals surface area contributed by atoms with E-state index in [1.807, 2.05) is 18.2 Å². The summed E-state index contributed by atoms with van der Waals surface area (Å²) < 4.78 is 2.28. The lowest BCUT2D eigenvalue weighted by Crippen LogP contribution is -2.30. The van der Waals surface area contributed by atoms with Gasteiger partial charge in [0.2, 0.25) is 0 Å². The van der Waals surface area contributed by atoms with Crippen LogP contribution in [0.3, 0.4) is 0 Å². The van der Waals surface area contributed by atoms with Crippen LogP contribution in [-0.2, 0) is 11.8 Å². The van der Waals surface area contributed by atoms with Gasteiger partial charge in [0, 0.05) is 32.1 Å². The van der Waals surface area contributed by atoms with Crippen LogP contribution >= 0.6 is 24.0 Å². The van der Waals surface area contributed by atoms with E-state index in [-0.39, 0.29) is 11.5 Å². The summed E-state index contributed by atoms with van der Waals surface area (Å²) in [5.74, 6) is -0.0829. The van der Waals surface area contributed by atoms with Crippen molar-refractivity contribution in [1.29, 1.82) is 0 Å². The number of carbonyl (C=O) groups excluding carboxylic acids is 1. The predicted octanol–water partition coefficient (Wildman–Crippen LogP) is 4.92. The monoisotopic (exact) mass is 455 g/mol. The number of amides is 1. The van der Waals surface area contributed by atoms with Crippen molar-refractivity contribution in [3.8, 4) is 0 Å². The Bertz CT molecular complexity index is 1100. The van der Waals surface area contributed by atoms with E-state index in [4.69, 9.17) is 12.2 Å². The van der Waals surface area contributed by atoms with Gasteiger partial charge in [0.25, 0.3) is 11.5 Å². The molecule has 5 nitrogen and oxygen atoms in total. The molecule has 0 atom stereocenters. The van der Waals surface area contributed by atoms with Crippen LogP contribution < -0.4 is 10.5 Å². The Hall–Kier alpha value is -2.12. The molecule has 2 aliphatic rings. The van der Waals surface area contributed by atoms with Crippen LogP contribution in [0.15, 0.2) is 34.0 Å². The van der Waals surface area contributed by atoms with Crippen molar-refractivity contribution in [2.45, 2.75) is 45.4 Å². The molecule has 3 heterocycles. The molecule has 0 N–H and O–H groups in total. The third kappa shape index (κ3) is 4.30. The summed E-state index contributed by atoms with van der Waals surface area (Å²) in [5, 5.41) is 1.05. The molecular formula is C24H29N3O2S2. The molecule has 2 saturated heterocycles. The maximum absolute atomic E-state index is 13.5. The minimum Gasteiger partial charge on any atom is -0.370 e. The Labute approximate surface area is 193 Å². The average molecular weight is 456 g/mol. The highest BCUT2D eigenvalue weighted by atomic mass is 32.2. The first-order valence-electron chi connectivity index (χ1n) is 11.1.